The summed E-state index contributed by atoms with van der Waals surface area (Å²) in [5.41, 5.74) is 0.916. The molecule has 0 aromatic carbocycles. The Kier molecular flexibility index (Phi) is 2.69. The molecule has 0 amide bonds. The fraction of sp³-hybridized carbons (Fsp3) is 0.222. The van der Waals surface area contributed by atoms with Gasteiger partial charge in [0.25, 0.3) is 0 Å². The lowest BCUT2D eigenvalue weighted by molar-refractivity contribution is -0.131. The van der Waals surface area contributed by atoms with Crippen molar-refractivity contribution in [1.82, 2.24) is 4.57 Å². The van der Waals surface area contributed by atoms with E-state index in [1.54, 1.807) is 6.08 Å². The summed E-state index contributed by atoms with van der Waals surface area (Å²) in [6.07, 6.45) is 6.53. The van der Waals surface area contributed by atoms with Crippen molar-refractivity contribution in [2.24, 2.45) is 0 Å². The average Bonchev–Trinajstić information content (AvgIpc) is 2.48. The molecule has 0 spiro atoms. The van der Waals surface area contributed by atoms with Crippen LogP contribution in [0.4, 0.5) is 0 Å². The Balaban J connectivity index is 2.70. The maximum absolute atomic E-state index is 10.2. The third-order valence-corrected chi connectivity index (χ3v) is 1.56. The van der Waals surface area contributed by atoms with Gasteiger partial charge in [0.15, 0.2) is 0 Å². The highest BCUT2D eigenvalue weighted by Crippen LogP contribution is 2.02. The van der Waals surface area contributed by atoms with Crippen LogP contribution in [0.15, 0.2) is 24.5 Å². The molecule has 1 N–H and O–H groups in total. The van der Waals surface area contributed by atoms with E-state index in [1.807, 2.05) is 30.0 Å². The van der Waals surface area contributed by atoms with Crippen LogP contribution in [-0.2, 0) is 11.3 Å². The Morgan fingerprint density at radius 3 is 3.00 bits per heavy atom. The molecule has 3 nitrogen and oxygen atoms in total. The molecule has 1 rings (SSSR count). The molecule has 64 valence electrons. The number of rotatable bonds is 3. The Hall–Kier alpha value is -1.51. The second-order valence-corrected chi connectivity index (χ2v) is 2.45. The minimum Gasteiger partial charge on any atom is -0.478 e. The van der Waals surface area contributed by atoms with Gasteiger partial charge in [-0.3, -0.25) is 0 Å². The second-order valence-electron chi connectivity index (χ2n) is 2.45. The first-order valence-corrected chi connectivity index (χ1v) is 3.79. The van der Waals surface area contributed by atoms with Crippen LogP contribution in [0.2, 0.25) is 0 Å². The molecule has 3 heteroatoms. The Morgan fingerprint density at radius 2 is 2.50 bits per heavy atom. The third-order valence-electron chi connectivity index (χ3n) is 1.56. The monoisotopic (exact) mass is 165 g/mol. The summed E-state index contributed by atoms with van der Waals surface area (Å²) in [6.45, 7) is 2.94. The highest BCUT2D eigenvalue weighted by Gasteiger charge is 1.91. The zero-order valence-electron chi connectivity index (χ0n) is 6.90. The van der Waals surface area contributed by atoms with Crippen LogP contribution in [-0.4, -0.2) is 15.6 Å². The highest BCUT2D eigenvalue weighted by molar-refractivity contribution is 5.85. The van der Waals surface area contributed by atoms with Crippen molar-refractivity contribution in [3.63, 3.8) is 0 Å². The number of carbonyl (C=O) groups is 1. The predicted octanol–water partition coefficient (Wildman–Crippen LogP) is 1.61. The zero-order valence-corrected chi connectivity index (χ0v) is 6.90. The lowest BCUT2D eigenvalue weighted by atomic mass is 10.3. The van der Waals surface area contributed by atoms with Gasteiger partial charge in [0, 0.05) is 25.0 Å². The fourth-order valence-corrected chi connectivity index (χ4v) is 0.922. The summed E-state index contributed by atoms with van der Waals surface area (Å²) < 4.78 is 1.99. The first-order chi connectivity index (χ1) is 5.72. The minimum atomic E-state index is -0.917. The van der Waals surface area contributed by atoms with Gasteiger partial charge >= 0.3 is 5.97 Å². The molecule has 0 unspecified atom stereocenters. The molecule has 0 aliphatic carbocycles. The highest BCUT2D eigenvalue weighted by atomic mass is 16.4. The summed E-state index contributed by atoms with van der Waals surface area (Å²) in [5, 5.41) is 8.35. The zero-order chi connectivity index (χ0) is 8.97. The number of carboxylic acid groups (broad SMARTS) is 1. The molecule has 0 bridgehead atoms. The minimum absolute atomic E-state index is 0.904. The molecule has 1 aromatic heterocycles. The van der Waals surface area contributed by atoms with E-state index >= 15 is 0 Å². The van der Waals surface area contributed by atoms with Crippen LogP contribution >= 0.6 is 0 Å². The van der Waals surface area contributed by atoms with Gasteiger partial charge < -0.3 is 9.67 Å². The van der Waals surface area contributed by atoms with Crippen molar-refractivity contribution in [2.75, 3.05) is 0 Å². The standard InChI is InChI=1S/C9H11NO2/c1-2-10-6-5-8(7-10)3-4-9(11)12/h3-7H,2H2,1H3,(H,11,12)/b4-3+. The molecule has 0 radical (unpaired) electrons. The maximum Gasteiger partial charge on any atom is 0.328 e. The van der Waals surface area contributed by atoms with E-state index in [1.165, 1.54) is 0 Å². The molecule has 0 atom stereocenters. The summed E-state index contributed by atoms with van der Waals surface area (Å²) in [7, 11) is 0. The summed E-state index contributed by atoms with van der Waals surface area (Å²) in [6, 6.07) is 1.88. The quantitative estimate of drug-likeness (QED) is 0.691. The summed E-state index contributed by atoms with van der Waals surface area (Å²) >= 11 is 0. The number of aryl methyl sites for hydroxylation is 1. The molecule has 12 heavy (non-hydrogen) atoms. The van der Waals surface area contributed by atoms with E-state index in [0.29, 0.717) is 0 Å². The van der Waals surface area contributed by atoms with E-state index in [9.17, 15) is 4.79 Å². The number of aliphatic carboxylic acids is 1. The van der Waals surface area contributed by atoms with Crippen molar-refractivity contribution in [3.05, 3.63) is 30.1 Å². The lowest BCUT2D eigenvalue weighted by Gasteiger charge is -1.91. The van der Waals surface area contributed by atoms with Crippen molar-refractivity contribution >= 4 is 12.0 Å². The Morgan fingerprint density at radius 1 is 1.75 bits per heavy atom. The molecule has 1 heterocycles. The number of hydrogen-bond acceptors (Lipinski definition) is 1. The van der Waals surface area contributed by atoms with Crippen LogP contribution in [0.5, 0.6) is 0 Å². The Bertz CT molecular complexity index is 299. The third kappa shape index (κ3) is 2.27. The predicted molar refractivity (Wildman–Crippen MR) is 46.8 cm³/mol. The molecular formula is C9H11NO2. The number of carboxylic acids is 1. The normalized spacial score (nSPS) is 10.8. The molecular weight excluding hydrogens is 154 g/mol. The van der Waals surface area contributed by atoms with Crippen molar-refractivity contribution in [1.29, 1.82) is 0 Å². The van der Waals surface area contributed by atoms with E-state index in [0.717, 1.165) is 18.2 Å². The number of nitrogens with zero attached hydrogens (tertiary/aromatic N) is 1. The molecule has 0 aliphatic heterocycles. The van der Waals surface area contributed by atoms with Gasteiger partial charge in [0.2, 0.25) is 0 Å². The largest absolute Gasteiger partial charge is 0.478 e. The molecule has 0 saturated carbocycles. The van der Waals surface area contributed by atoms with Gasteiger partial charge in [0.1, 0.15) is 0 Å². The molecule has 1 aromatic rings. The van der Waals surface area contributed by atoms with Gasteiger partial charge in [-0.15, -0.1) is 0 Å². The van der Waals surface area contributed by atoms with Crippen LogP contribution in [0.25, 0.3) is 6.08 Å². The number of hydrogen-bond donors (Lipinski definition) is 1. The van der Waals surface area contributed by atoms with Crippen LogP contribution in [0.1, 0.15) is 12.5 Å². The van der Waals surface area contributed by atoms with E-state index in [4.69, 9.17) is 5.11 Å². The lowest BCUT2D eigenvalue weighted by Crippen LogP contribution is -1.87. The smallest absolute Gasteiger partial charge is 0.328 e. The summed E-state index contributed by atoms with van der Waals surface area (Å²) in [4.78, 5) is 10.2. The summed E-state index contributed by atoms with van der Waals surface area (Å²) in [5.74, 6) is -0.917. The van der Waals surface area contributed by atoms with Gasteiger partial charge in [-0.1, -0.05) is 0 Å². The molecule has 0 saturated heterocycles. The topological polar surface area (TPSA) is 42.2 Å². The van der Waals surface area contributed by atoms with Crippen molar-refractivity contribution < 1.29 is 9.90 Å². The van der Waals surface area contributed by atoms with Crippen LogP contribution in [0.3, 0.4) is 0 Å². The van der Waals surface area contributed by atoms with Gasteiger partial charge in [0.05, 0.1) is 0 Å². The van der Waals surface area contributed by atoms with E-state index in [2.05, 4.69) is 0 Å². The van der Waals surface area contributed by atoms with Crippen molar-refractivity contribution in [3.8, 4) is 0 Å². The fourth-order valence-electron chi connectivity index (χ4n) is 0.922. The SMILES string of the molecule is CCn1ccc(/C=C/C(=O)O)c1. The van der Waals surface area contributed by atoms with Gasteiger partial charge in [-0.05, 0) is 24.6 Å². The number of aromatic nitrogens is 1. The van der Waals surface area contributed by atoms with Crippen molar-refractivity contribution in [2.45, 2.75) is 13.5 Å². The first kappa shape index (κ1) is 8.59. The Labute approximate surface area is 70.9 Å². The van der Waals surface area contributed by atoms with E-state index < -0.39 is 5.97 Å². The van der Waals surface area contributed by atoms with Crippen LogP contribution < -0.4 is 0 Å². The molecule has 0 aliphatic rings. The maximum atomic E-state index is 10.2. The molecule has 0 fully saturated rings. The second kappa shape index (κ2) is 3.76. The van der Waals surface area contributed by atoms with E-state index in [-0.39, 0.29) is 0 Å². The van der Waals surface area contributed by atoms with Gasteiger partial charge in [-0.2, -0.15) is 0 Å². The first-order valence-electron chi connectivity index (χ1n) is 3.79. The van der Waals surface area contributed by atoms with Crippen LogP contribution in [0, 0.1) is 0 Å². The average molecular weight is 165 g/mol. The van der Waals surface area contributed by atoms with Gasteiger partial charge in [-0.25, -0.2) is 4.79 Å².